The molecular formula is C10H23KSi. The van der Waals surface area contributed by atoms with E-state index in [1.165, 1.54) is 38.5 Å². The second-order valence-corrected chi connectivity index (χ2v) is 23.4. The number of hydrogen-bond acceptors (Lipinski definition) is 0. The van der Waals surface area contributed by atoms with Gasteiger partial charge < -0.3 is 0 Å². The molecule has 0 aliphatic carbocycles. The van der Waals surface area contributed by atoms with E-state index < -0.39 is 0.755 Å². The SMILES string of the molecule is CCCCCCCC[Si](C)(C)[K]. The van der Waals surface area contributed by atoms with Crippen LogP contribution in [0.4, 0.5) is 0 Å². The first-order valence-electron chi connectivity index (χ1n) is 5.56. The summed E-state index contributed by atoms with van der Waals surface area (Å²) in [6.07, 6.45) is 8.83. The Kier molecular flexibility index (Phi) is 9.45. The summed E-state index contributed by atoms with van der Waals surface area (Å²) < 4.78 is -0.538. The van der Waals surface area contributed by atoms with Crippen LogP contribution in [0.2, 0.25) is 19.1 Å². The van der Waals surface area contributed by atoms with Gasteiger partial charge in [0.2, 0.25) is 0 Å². The van der Waals surface area contributed by atoms with Gasteiger partial charge in [-0.2, -0.15) is 0 Å². The van der Waals surface area contributed by atoms with Crippen LogP contribution in [0.1, 0.15) is 45.4 Å². The summed E-state index contributed by atoms with van der Waals surface area (Å²) in [4.78, 5) is 0. The zero-order valence-corrected chi connectivity index (χ0v) is 13.6. The fourth-order valence-electron chi connectivity index (χ4n) is 1.44. The van der Waals surface area contributed by atoms with Crippen molar-refractivity contribution in [3.8, 4) is 0 Å². The molecule has 0 radical (unpaired) electrons. The fraction of sp³-hybridized carbons (Fsp3) is 1.00. The van der Waals surface area contributed by atoms with Crippen molar-refractivity contribution in [2.24, 2.45) is 0 Å². The predicted octanol–water partition coefficient (Wildman–Crippen LogP) is 3.72. The Bertz CT molecular complexity index is 96.5. The average Bonchev–Trinajstić information content (AvgIpc) is 1.94. The van der Waals surface area contributed by atoms with E-state index in [1.807, 2.05) is 0 Å². The van der Waals surface area contributed by atoms with Crippen LogP contribution in [0.25, 0.3) is 0 Å². The molecule has 0 aromatic heterocycles. The Hall–Kier alpha value is 1.85. The minimum atomic E-state index is -0.538. The van der Waals surface area contributed by atoms with E-state index >= 15 is 0 Å². The Balaban J connectivity index is 3.01. The molecule has 0 rings (SSSR count). The molecule has 0 amide bonds. The third-order valence-electron chi connectivity index (χ3n) is 2.28. The molecule has 0 spiro atoms. The molecule has 0 aliphatic heterocycles. The van der Waals surface area contributed by atoms with E-state index in [4.69, 9.17) is 0 Å². The van der Waals surface area contributed by atoms with Crippen molar-refractivity contribution in [1.29, 1.82) is 0 Å². The molecule has 0 nitrogen and oxygen atoms in total. The molecule has 2 heteroatoms. The Morgan fingerprint density at radius 2 is 1.42 bits per heavy atom. The van der Waals surface area contributed by atoms with Gasteiger partial charge in [-0.3, -0.25) is 0 Å². The van der Waals surface area contributed by atoms with Gasteiger partial charge in [-0.05, 0) is 0 Å². The first-order valence-corrected chi connectivity index (χ1v) is 14.0. The predicted molar refractivity (Wildman–Crippen MR) is 61.4 cm³/mol. The third-order valence-corrected chi connectivity index (χ3v) is 6.48. The first-order chi connectivity index (χ1) is 5.56. The van der Waals surface area contributed by atoms with E-state index in [9.17, 15) is 0 Å². The van der Waals surface area contributed by atoms with Crippen LogP contribution in [0, 0.1) is 0 Å². The summed E-state index contributed by atoms with van der Waals surface area (Å²) in [6, 6.07) is 1.61. The zero-order valence-electron chi connectivity index (χ0n) is 9.45. The van der Waals surface area contributed by atoms with Crippen molar-refractivity contribution in [1.82, 2.24) is 0 Å². The minimum absolute atomic E-state index is 0.538. The van der Waals surface area contributed by atoms with Crippen molar-refractivity contribution < 1.29 is 0 Å². The molecule has 0 saturated carbocycles. The van der Waals surface area contributed by atoms with Gasteiger partial charge in [0.05, 0.1) is 0 Å². The van der Waals surface area contributed by atoms with Gasteiger partial charge in [0.25, 0.3) is 0 Å². The molecule has 0 bridgehead atoms. The monoisotopic (exact) mass is 210 g/mol. The standard InChI is InChI=1S/C10H23Si.K/c1-4-5-6-7-8-9-10-11(2)3;/h4-10H2,1-3H3;. The molecule has 0 unspecified atom stereocenters. The Morgan fingerprint density at radius 1 is 0.917 bits per heavy atom. The maximum atomic E-state index is 2.55. The normalized spacial score (nSPS) is 12.1. The summed E-state index contributed by atoms with van der Waals surface area (Å²) in [7, 11) is 0. The average molecular weight is 210 g/mol. The molecule has 0 fully saturated rings. The van der Waals surface area contributed by atoms with Crippen molar-refractivity contribution in [3.63, 3.8) is 0 Å². The van der Waals surface area contributed by atoms with E-state index in [-0.39, 0.29) is 0 Å². The third kappa shape index (κ3) is 11.9. The van der Waals surface area contributed by atoms with Crippen LogP contribution in [0.5, 0.6) is 0 Å². The molecule has 0 heterocycles. The van der Waals surface area contributed by atoms with Gasteiger partial charge in [0.15, 0.2) is 0 Å². The van der Waals surface area contributed by atoms with Crippen LogP contribution in [0.3, 0.4) is 0 Å². The van der Waals surface area contributed by atoms with Crippen LogP contribution < -0.4 is 0 Å². The Labute approximate surface area is 111 Å². The molecule has 68 valence electrons. The molecule has 0 aliphatic rings. The van der Waals surface area contributed by atoms with Crippen LogP contribution >= 0.6 is 0 Å². The zero-order chi connectivity index (χ0) is 9.45. The van der Waals surface area contributed by atoms with Crippen LogP contribution in [-0.2, 0) is 0 Å². The Morgan fingerprint density at radius 3 is 1.92 bits per heavy atom. The fourth-order valence-corrected chi connectivity index (χ4v) is 4.40. The molecule has 12 heavy (non-hydrogen) atoms. The van der Waals surface area contributed by atoms with Crippen molar-refractivity contribution in [3.05, 3.63) is 0 Å². The number of rotatable bonds is 7. The van der Waals surface area contributed by atoms with Crippen LogP contribution in [-0.4, -0.2) is 48.4 Å². The summed E-state index contributed by atoms with van der Waals surface area (Å²) in [5, 5.41) is 0. The van der Waals surface area contributed by atoms with Gasteiger partial charge >= 0.3 is 113 Å². The van der Waals surface area contributed by atoms with E-state index in [1.54, 1.807) is 6.04 Å². The van der Waals surface area contributed by atoms with Gasteiger partial charge in [0.1, 0.15) is 0 Å². The van der Waals surface area contributed by atoms with Gasteiger partial charge in [-0.15, -0.1) is 0 Å². The summed E-state index contributed by atoms with van der Waals surface area (Å²) in [5.41, 5.74) is 0. The molecule has 0 N–H and O–H groups in total. The van der Waals surface area contributed by atoms with Crippen molar-refractivity contribution in [2.75, 3.05) is 0 Å². The molecule has 0 atom stereocenters. The summed E-state index contributed by atoms with van der Waals surface area (Å²) >= 11 is 1.14. The van der Waals surface area contributed by atoms with Gasteiger partial charge in [-0.25, -0.2) is 0 Å². The van der Waals surface area contributed by atoms with E-state index in [2.05, 4.69) is 20.0 Å². The molecular weight excluding hydrogens is 187 g/mol. The topological polar surface area (TPSA) is 0 Å². The van der Waals surface area contributed by atoms with E-state index in [0.717, 1.165) is 47.7 Å². The van der Waals surface area contributed by atoms with E-state index in [0.29, 0.717) is 0 Å². The second kappa shape index (κ2) is 8.19. The quantitative estimate of drug-likeness (QED) is 0.444. The first kappa shape index (κ1) is 13.9. The van der Waals surface area contributed by atoms with Gasteiger partial charge in [0, 0.05) is 0 Å². The second-order valence-electron chi connectivity index (χ2n) is 5.08. The van der Waals surface area contributed by atoms with Gasteiger partial charge in [-0.1, -0.05) is 0 Å². The van der Waals surface area contributed by atoms with Crippen molar-refractivity contribution >= 4 is 48.4 Å². The molecule has 0 aromatic carbocycles. The summed E-state index contributed by atoms with van der Waals surface area (Å²) in [5.74, 6) is 0. The number of unbranched alkanes of at least 4 members (excludes halogenated alkanes) is 5. The summed E-state index contributed by atoms with van der Waals surface area (Å²) in [6.45, 7) is 7.40. The molecule has 0 saturated heterocycles. The maximum absolute atomic E-state index is 2.55. The van der Waals surface area contributed by atoms with Crippen molar-refractivity contribution in [2.45, 2.75) is 64.6 Å². The van der Waals surface area contributed by atoms with Crippen LogP contribution in [0.15, 0.2) is 0 Å². The number of hydrogen-bond donors (Lipinski definition) is 0. The molecule has 0 aromatic rings.